The fourth-order valence-electron chi connectivity index (χ4n) is 2.56. The summed E-state index contributed by atoms with van der Waals surface area (Å²) >= 11 is 0. The van der Waals surface area contributed by atoms with E-state index in [1.807, 2.05) is 25.1 Å². The molecule has 1 heterocycles. The Balaban J connectivity index is 2.15. The standard InChI is InChI=1S/C16H22N2O3/c1-3-18(10-11(2)16(20)21)15(19)13-5-4-12-6-7-17-9-14(12)8-13/h4-5,8,11,17H,3,6-7,9-10H2,1-2H3,(H,20,21). The molecule has 21 heavy (non-hydrogen) atoms. The van der Waals surface area contributed by atoms with Crippen LogP contribution in [0.2, 0.25) is 0 Å². The summed E-state index contributed by atoms with van der Waals surface area (Å²) in [5.74, 6) is -1.54. The number of hydrogen-bond acceptors (Lipinski definition) is 3. The van der Waals surface area contributed by atoms with Gasteiger partial charge in [0.25, 0.3) is 5.91 Å². The van der Waals surface area contributed by atoms with E-state index in [0.29, 0.717) is 12.1 Å². The average Bonchev–Trinajstić information content (AvgIpc) is 2.51. The van der Waals surface area contributed by atoms with Crippen molar-refractivity contribution in [3.63, 3.8) is 0 Å². The first-order valence-corrected chi connectivity index (χ1v) is 7.37. The van der Waals surface area contributed by atoms with Crippen LogP contribution in [-0.4, -0.2) is 41.5 Å². The van der Waals surface area contributed by atoms with Gasteiger partial charge in [0, 0.05) is 25.2 Å². The molecular weight excluding hydrogens is 268 g/mol. The van der Waals surface area contributed by atoms with Crippen LogP contribution in [-0.2, 0) is 17.8 Å². The summed E-state index contributed by atoms with van der Waals surface area (Å²) in [6.45, 7) is 5.99. The van der Waals surface area contributed by atoms with E-state index in [1.165, 1.54) is 5.56 Å². The summed E-state index contributed by atoms with van der Waals surface area (Å²) in [6, 6.07) is 5.79. The molecule has 0 radical (unpaired) electrons. The van der Waals surface area contributed by atoms with Crippen LogP contribution in [0, 0.1) is 5.92 Å². The number of carboxylic acids is 1. The number of aliphatic carboxylic acids is 1. The number of hydrogen-bond donors (Lipinski definition) is 2. The van der Waals surface area contributed by atoms with Crippen LogP contribution in [0.1, 0.15) is 35.3 Å². The summed E-state index contributed by atoms with van der Waals surface area (Å²) < 4.78 is 0. The van der Waals surface area contributed by atoms with E-state index in [1.54, 1.807) is 11.8 Å². The number of carboxylic acid groups (broad SMARTS) is 1. The van der Waals surface area contributed by atoms with Gasteiger partial charge in [-0.15, -0.1) is 0 Å². The summed E-state index contributed by atoms with van der Waals surface area (Å²) in [5.41, 5.74) is 3.08. The van der Waals surface area contributed by atoms with Gasteiger partial charge in [0.1, 0.15) is 0 Å². The fraction of sp³-hybridized carbons (Fsp3) is 0.500. The molecule has 1 atom stereocenters. The van der Waals surface area contributed by atoms with E-state index in [4.69, 9.17) is 5.11 Å². The van der Waals surface area contributed by atoms with Gasteiger partial charge in [-0.3, -0.25) is 9.59 Å². The average molecular weight is 290 g/mol. The van der Waals surface area contributed by atoms with Crippen molar-refractivity contribution in [1.82, 2.24) is 10.2 Å². The van der Waals surface area contributed by atoms with Crippen LogP contribution in [0.25, 0.3) is 0 Å². The Morgan fingerprint density at radius 3 is 2.81 bits per heavy atom. The van der Waals surface area contributed by atoms with E-state index in [-0.39, 0.29) is 12.5 Å². The minimum absolute atomic E-state index is 0.0982. The first-order chi connectivity index (χ1) is 10.0. The van der Waals surface area contributed by atoms with Crippen molar-refractivity contribution >= 4 is 11.9 Å². The lowest BCUT2D eigenvalue weighted by Gasteiger charge is -2.24. The first kappa shape index (κ1) is 15.5. The molecule has 1 aromatic rings. The largest absolute Gasteiger partial charge is 0.481 e. The van der Waals surface area contributed by atoms with Gasteiger partial charge in [0.2, 0.25) is 0 Å². The molecule has 0 aliphatic carbocycles. The van der Waals surface area contributed by atoms with Crippen LogP contribution >= 0.6 is 0 Å². The van der Waals surface area contributed by atoms with E-state index in [9.17, 15) is 9.59 Å². The Morgan fingerprint density at radius 2 is 2.14 bits per heavy atom. The van der Waals surface area contributed by atoms with Crippen molar-refractivity contribution in [3.05, 3.63) is 34.9 Å². The van der Waals surface area contributed by atoms with Gasteiger partial charge in [0.05, 0.1) is 5.92 Å². The predicted octanol–water partition coefficient (Wildman–Crippen LogP) is 1.52. The molecule has 5 heteroatoms. The Morgan fingerprint density at radius 1 is 1.38 bits per heavy atom. The molecule has 2 N–H and O–H groups in total. The molecule has 0 fully saturated rings. The van der Waals surface area contributed by atoms with Crippen LogP contribution in [0.5, 0.6) is 0 Å². The van der Waals surface area contributed by atoms with E-state index < -0.39 is 11.9 Å². The maximum atomic E-state index is 12.5. The quantitative estimate of drug-likeness (QED) is 0.862. The highest BCUT2D eigenvalue weighted by molar-refractivity contribution is 5.94. The smallest absolute Gasteiger partial charge is 0.308 e. The van der Waals surface area contributed by atoms with Gasteiger partial charge in [-0.2, -0.15) is 0 Å². The molecule has 0 saturated carbocycles. The third kappa shape index (κ3) is 3.61. The maximum absolute atomic E-state index is 12.5. The Bertz CT molecular complexity index is 542. The lowest BCUT2D eigenvalue weighted by Crippen LogP contribution is -2.37. The normalized spacial score (nSPS) is 15.1. The number of carbonyl (C=O) groups is 2. The van der Waals surface area contributed by atoms with Gasteiger partial charge in [-0.1, -0.05) is 13.0 Å². The van der Waals surface area contributed by atoms with Crippen molar-refractivity contribution in [2.45, 2.75) is 26.8 Å². The monoisotopic (exact) mass is 290 g/mol. The van der Waals surface area contributed by atoms with Crippen molar-refractivity contribution in [3.8, 4) is 0 Å². The molecule has 1 unspecified atom stereocenters. The van der Waals surface area contributed by atoms with E-state index in [2.05, 4.69) is 5.32 Å². The fourth-order valence-corrected chi connectivity index (χ4v) is 2.56. The molecule has 1 aliphatic rings. The molecule has 0 aromatic heterocycles. The number of nitrogens with zero attached hydrogens (tertiary/aromatic N) is 1. The van der Waals surface area contributed by atoms with Gasteiger partial charge < -0.3 is 15.3 Å². The van der Waals surface area contributed by atoms with Gasteiger partial charge in [-0.25, -0.2) is 0 Å². The molecule has 5 nitrogen and oxygen atoms in total. The molecule has 114 valence electrons. The van der Waals surface area contributed by atoms with Gasteiger partial charge in [-0.05, 0) is 43.1 Å². The number of amides is 1. The molecule has 0 spiro atoms. The van der Waals surface area contributed by atoms with Gasteiger partial charge in [0.15, 0.2) is 0 Å². The Labute approximate surface area is 125 Å². The van der Waals surface area contributed by atoms with Gasteiger partial charge >= 0.3 is 5.97 Å². The minimum Gasteiger partial charge on any atom is -0.481 e. The van der Waals surface area contributed by atoms with Crippen molar-refractivity contribution in [2.75, 3.05) is 19.6 Å². The lowest BCUT2D eigenvalue weighted by molar-refractivity contribution is -0.141. The second-order valence-corrected chi connectivity index (χ2v) is 5.49. The zero-order valence-corrected chi connectivity index (χ0v) is 12.6. The molecule has 2 rings (SSSR count). The van der Waals surface area contributed by atoms with E-state index >= 15 is 0 Å². The van der Waals surface area contributed by atoms with Crippen LogP contribution < -0.4 is 5.32 Å². The lowest BCUT2D eigenvalue weighted by atomic mass is 9.98. The molecule has 1 aromatic carbocycles. The van der Waals surface area contributed by atoms with Crippen molar-refractivity contribution in [1.29, 1.82) is 0 Å². The zero-order valence-electron chi connectivity index (χ0n) is 12.6. The molecular formula is C16H22N2O3. The topological polar surface area (TPSA) is 69.6 Å². The highest BCUT2D eigenvalue weighted by Gasteiger charge is 2.21. The number of rotatable bonds is 5. The molecule has 0 saturated heterocycles. The van der Waals surface area contributed by atoms with Crippen LogP contribution in [0.4, 0.5) is 0 Å². The van der Waals surface area contributed by atoms with E-state index in [0.717, 1.165) is 25.1 Å². The number of nitrogens with one attached hydrogen (secondary N) is 1. The first-order valence-electron chi connectivity index (χ1n) is 7.37. The van der Waals surface area contributed by atoms with Crippen molar-refractivity contribution in [2.24, 2.45) is 5.92 Å². The minimum atomic E-state index is -0.879. The van der Waals surface area contributed by atoms with Crippen LogP contribution in [0.15, 0.2) is 18.2 Å². The highest BCUT2D eigenvalue weighted by atomic mass is 16.4. The summed E-state index contributed by atoms with van der Waals surface area (Å²) in [7, 11) is 0. The second kappa shape index (κ2) is 6.72. The second-order valence-electron chi connectivity index (χ2n) is 5.49. The number of carbonyl (C=O) groups excluding carboxylic acids is 1. The Kier molecular flexibility index (Phi) is 4.96. The third-order valence-electron chi connectivity index (χ3n) is 3.92. The molecule has 1 amide bonds. The predicted molar refractivity (Wildman–Crippen MR) is 80.2 cm³/mol. The molecule has 1 aliphatic heterocycles. The van der Waals surface area contributed by atoms with Crippen molar-refractivity contribution < 1.29 is 14.7 Å². The summed E-state index contributed by atoms with van der Waals surface area (Å²) in [4.78, 5) is 25.1. The maximum Gasteiger partial charge on any atom is 0.308 e. The summed E-state index contributed by atoms with van der Waals surface area (Å²) in [6.07, 6.45) is 0.983. The Hall–Kier alpha value is -1.88. The zero-order chi connectivity index (χ0) is 15.4. The number of benzene rings is 1. The molecule has 0 bridgehead atoms. The third-order valence-corrected chi connectivity index (χ3v) is 3.92. The SMILES string of the molecule is CCN(CC(C)C(=O)O)C(=O)c1ccc2c(c1)CNCC2. The summed E-state index contributed by atoms with van der Waals surface area (Å²) in [5, 5.41) is 12.3. The highest BCUT2D eigenvalue weighted by Crippen LogP contribution is 2.17. The van der Waals surface area contributed by atoms with Crippen LogP contribution in [0.3, 0.4) is 0 Å². The number of fused-ring (bicyclic) bond motifs is 1.